The first-order valence-electron chi connectivity index (χ1n) is 4.12. The molecule has 1 aromatic rings. The smallest absolute Gasteiger partial charge is 0.239 e. The SMILES string of the molecule is CC(Nc1c(F)cc(F)cc1Cl)C(N)=O. The van der Waals surface area contributed by atoms with Gasteiger partial charge in [0.25, 0.3) is 0 Å². The van der Waals surface area contributed by atoms with E-state index in [1.807, 2.05) is 0 Å². The average Bonchev–Trinajstić information content (AvgIpc) is 2.10. The third kappa shape index (κ3) is 2.79. The lowest BCUT2D eigenvalue weighted by Gasteiger charge is -2.13. The van der Waals surface area contributed by atoms with Gasteiger partial charge in [-0.2, -0.15) is 0 Å². The Balaban J connectivity index is 3.00. The molecule has 1 amide bonds. The summed E-state index contributed by atoms with van der Waals surface area (Å²) < 4.78 is 25.9. The first-order chi connectivity index (χ1) is 6.91. The van der Waals surface area contributed by atoms with Crippen LogP contribution < -0.4 is 11.1 Å². The number of anilines is 1. The molecule has 0 aliphatic carbocycles. The minimum Gasteiger partial charge on any atom is -0.370 e. The van der Waals surface area contributed by atoms with Gasteiger partial charge in [-0.3, -0.25) is 4.79 Å². The van der Waals surface area contributed by atoms with Crippen LogP contribution in [-0.2, 0) is 4.79 Å². The molecular weight excluding hydrogens is 226 g/mol. The number of benzene rings is 1. The summed E-state index contributed by atoms with van der Waals surface area (Å²) in [7, 11) is 0. The molecule has 3 nitrogen and oxygen atoms in total. The average molecular weight is 235 g/mol. The molecular formula is C9H9ClF2N2O. The van der Waals surface area contributed by atoms with Crippen molar-refractivity contribution in [3.8, 4) is 0 Å². The third-order valence-electron chi connectivity index (χ3n) is 1.79. The lowest BCUT2D eigenvalue weighted by molar-refractivity contribution is -0.118. The van der Waals surface area contributed by atoms with Crippen molar-refractivity contribution in [2.24, 2.45) is 5.73 Å². The van der Waals surface area contributed by atoms with Gasteiger partial charge < -0.3 is 11.1 Å². The van der Waals surface area contributed by atoms with E-state index in [1.165, 1.54) is 6.92 Å². The number of hydrogen-bond donors (Lipinski definition) is 2. The van der Waals surface area contributed by atoms with Gasteiger partial charge in [0, 0.05) is 6.07 Å². The van der Waals surface area contributed by atoms with Crippen molar-refractivity contribution in [1.82, 2.24) is 0 Å². The quantitative estimate of drug-likeness (QED) is 0.839. The van der Waals surface area contributed by atoms with E-state index in [9.17, 15) is 13.6 Å². The third-order valence-corrected chi connectivity index (χ3v) is 2.09. The molecule has 0 spiro atoms. The molecule has 0 aliphatic heterocycles. The number of amides is 1. The number of carbonyl (C=O) groups excluding carboxylic acids is 1. The molecule has 0 bridgehead atoms. The zero-order chi connectivity index (χ0) is 11.6. The molecule has 0 fully saturated rings. The largest absolute Gasteiger partial charge is 0.370 e. The first-order valence-corrected chi connectivity index (χ1v) is 4.50. The number of carbonyl (C=O) groups is 1. The molecule has 82 valence electrons. The van der Waals surface area contributed by atoms with Gasteiger partial charge in [0.15, 0.2) is 5.82 Å². The Labute approximate surface area is 90.2 Å². The van der Waals surface area contributed by atoms with Crippen LogP contribution in [0.15, 0.2) is 12.1 Å². The highest BCUT2D eigenvalue weighted by Crippen LogP contribution is 2.26. The summed E-state index contributed by atoms with van der Waals surface area (Å²) in [4.78, 5) is 10.7. The van der Waals surface area contributed by atoms with E-state index >= 15 is 0 Å². The molecule has 0 saturated heterocycles. The van der Waals surface area contributed by atoms with Gasteiger partial charge in [0.05, 0.1) is 10.7 Å². The first kappa shape index (κ1) is 11.7. The number of rotatable bonds is 3. The molecule has 0 radical (unpaired) electrons. The molecule has 15 heavy (non-hydrogen) atoms. The zero-order valence-electron chi connectivity index (χ0n) is 7.85. The van der Waals surface area contributed by atoms with Crippen molar-refractivity contribution in [2.75, 3.05) is 5.32 Å². The van der Waals surface area contributed by atoms with Crippen molar-refractivity contribution in [1.29, 1.82) is 0 Å². The molecule has 1 rings (SSSR count). The van der Waals surface area contributed by atoms with E-state index in [0.717, 1.165) is 6.07 Å². The lowest BCUT2D eigenvalue weighted by atomic mass is 10.2. The Morgan fingerprint density at radius 2 is 2.13 bits per heavy atom. The normalized spacial score (nSPS) is 12.3. The van der Waals surface area contributed by atoms with Gasteiger partial charge in [-0.15, -0.1) is 0 Å². The van der Waals surface area contributed by atoms with Gasteiger partial charge in [-0.25, -0.2) is 8.78 Å². The molecule has 1 unspecified atom stereocenters. The van der Waals surface area contributed by atoms with Gasteiger partial charge in [-0.1, -0.05) is 11.6 Å². The highest BCUT2D eigenvalue weighted by atomic mass is 35.5. The van der Waals surface area contributed by atoms with Gasteiger partial charge >= 0.3 is 0 Å². The van der Waals surface area contributed by atoms with Crippen LogP contribution >= 0.6 is 11.6 Å². The Morgan fingerprint density at radius 1 is 1.53 bits per heavy atom. The molecule has 1 atom stereocenters. The summed E-state index contributed by atoms with van der Waals surface area (Å²) in [6.07, 6.45) is 0. The van der Waals surface area contributed by atoms with Crippen LogP contribution in [0, 0.1) is 11.6 Å². The maximum Gasteiger partial charge on any atom is 0.239 e. The van der Waals surface area contributed by atoms with Gasteiger partial charge in [0.2, 0.25) is 5.91 Å². The Hall–Kier alpha value is -1.36. The Kier molecular flexibility index (Phi) is 3.47. The fourth-order valence-electron chi connectivity index (χ4n) is 0.968. The molecule has 0 heterocycles. The van der Waals surface area contributed by atoms with E-state index in [-0.39, 0.29) is 10.7 Å². The topological polar surface area (TPSA) is 55.1 Å². The van der Waals surface area contributed by atoms with Gasteiger partial charge in [0.1, 0.15) is 11.9 Å². The Morgan fingerprint density at radius 3 is 2.60 bits per heavy atom. The second kappa shape index (κ2) is 4.44. The Bertz CT molecular complexity index is 375. The summed E-state index contributed by atoms with van der Waals surface area (Å²) in [5, 5.41) is 2.32. The van der Waals surface area contributed by atoms with Crippen LogP contribution in [0.1, 0.15) is 6.92 Å². The fraction of sp³-hybridized carbons (Fsp3) is 0.222. The monoisotopic (exact) mass is 234 g/mol. The van der Waals surface area contributed by atoms with E-state index in [4.69, 9.17) is 17.3 Å². The van der Waals surface area contributed by atoms with Crippen LogP contribution in [0.5, 0.6) is 0 Å². The summed E-state index contributed by atoms with van der Waals surface area (Å²) in [5.41, 5.74) is 4.84. The lowest BCUT2D eigenvalue weighted by Crippen LogP contribution is -2.32. The minimum absolute atomic E-state index is 0.135. The van der Waals surface area contributed by atoms with Crippen LogP contribution in [0.3, 0.4) is 0 Å². The second-order valence-corrected chi connectivity index (χ2v) is 3.42. The molecule has 3 N–H and O–H groups in total. The van der Waals surface area contributed by atoms with Crippen LogP contribution in [0.25, 0.3) is 0 Å². The van der Waals surface area contributed by atoms with Crippen molar-refractivity contribution in [2.45, 2.75) is 13.0 Å². The van der Waals surface area contributed by atoms with Crippen LogP contribution in [-0.4, -0.2) is 11.9 Å². The number of nitrogens with two attached hydrogens (primary N) is 1. The molecule has 6 heteroatoms. The molecule has 0 aliphatic rings. The van der Waals surface area contributed by atoms with E-state index in [2.05, 4.69) is 5.32 Å². The van der Waals surface area contributed by atoms with Crippen molar-refractivity contribution in [3.63, 3.8) is 0 Å². The highest BCUT2D eigenvalue weighted by Gasteiger charge is 2.14. The van der Waals surface area contributed by atoms with E-state index in [0.29, 0.717) is 6.07 Å². The minimum atomic E-state index is -0.867. The van der Waals surface area contributed by atoms with E-state index in [1.54, 1.807) is 0 Å². The maximum atomic E-state index is 13.2. The second-order valence-electron chi connectivity index (χ2n) is 3.01. The van der Waals surface area contributed by atoms with Crippen molar-refractivity contribution < 1.29 is 13.6 Å². The summed E-state index contributed by atoms with van der Waals surface area (Å²) in [6.45, 7) is 1.45. The van der Waals surface area contributed by atoms with Gasteiger partial charge in [-0.05, 0) is 13.0 Å². The van der Waals surface area contributed by atoms with Crippen molar-refractivity contribution in [3.05, 3.63) is 28.8 Å². The summed E-state index contributed by atoms with van der Waals surface area (Å²) >= 11 is 5.59. The van der Waals surface area contributed by atoms with Crippen molar-refractivity contribution >= 4 is 23.2 Å². The highest BCUT2D eigenvalue weighted by molar-refractivity contribution is 6.33. The molecule has 1 aromatic carbocycles. The predicted molar refractivity (Wildman–Crippen MR) is 53.6 cm³/mol. The zero-order valence-corrected chi connectivity index (χ0v) is 8.61. The molecule has 0 aromatic heterocycles. The maximum absolute atomic E-state index is 13.2. The van der Waals surface area contributed by atoms with Crippen LogP contribution in [0.2, 0.25) is 5.02 Å². The standard InChI is InChI=1S/C9H9ClF2N2O/c1-4(9(13)15)14-8-6(10)2-5(11)3-7(8)12/h2-4,14H,1H3,(H2,13,15). The van der Waals surface area contributed by atoms with E-state index < -0.39 is 23.6 Å². The summed E-state index contributed by atoms with van der Waals surface area (Å²) in [6, 6.07) is 0.824. The fourth-order valence-corrected chi connectivity index (χ4v) is 1.22. The number of hydrogen-bond acceptors (Lipinski definition) is 2. The number of primary amides is 1. The number of nitrogens with one attached hydrogen (secondary N) is 1. The summed E-state index contributed by atoms with van der Waals surface area (Å²) in [5.74, 6) is -2.31. The molecule has 0 saturated carbocycles. The number of halogens is 3. The predicted octanol–water partition coefficient (Wildman–Crippen LogP) is 1.90. The van der Waals surface area contributed by atoms with Crippen LogP contribution in [0.4, 0.5) is 14.5 Å².